The summed E-state index contributed by atoms with van der Waals surface area (Å²) in [5.41, 5.74) is 4.94. The number of anilines is 1. The number of hydrogen-bond donors (Lipinski definition) is 2. The molecule has 0 bridgehead atoms. The maximum Gasteiger partial charge on any atom is 0.343 e. The molecule has 3 aromatic carbocycles. The molecule has 0 atom stereocenters. The van der Waals surface area contributed by atoms with Crippen molar-refractivity contribution in [3.8, 4) is 5.75 Å². The second-order valence-electron chi connectivity index (χ2n) is 5.66. The Labute approximate surface area is 176 Å². The lowest BCUT2D eigenvalue weighted by Gasteiger charge is -2.06. The van der Waals surface area contributed by atoms with Crippen molar-refractivity contribution in [1.82, 2.24) is 5.43 Å². The molecule has 0 spiro atoms. The van der Waals surface area contributed by atoms with Crippen molar-refractivity contribution in [3.05, 3.63) is 94.5 Å². The lowest BCUT2D eigenvalue weighted by atomic mass is 10.2. The van der Waals surface area contributed by atoms with Crippen LogP contribution < -0.4 is 15.5 Å². The van der Waals surface area contributed by atoms with Crippen LogP contribution in [0.4, 0.5) is 5.69 Å². The Morgan fingerprint density at radius 3 is 2.46 bits per heavy atom. The Morgan fingerprint density at radius 2 is 1.75 bits per heavy atom. The van der Waals surface area contributed by atoms with Gasteiger partial charge in [0.2, 0.25) is 0 Å². The second kappa shape index (κ2) is 9.77. The van der Waals surface area contributed by atoms with Gasteiger partial charge in [-0.1, -0.05) is 40.2 Å². The molecule has 0 saturated carbocycles. The van der Waals surface area contributed by atoms with E-state index in [0.717, 1.165) is 15.7 Å². The average molecular weight is 454 g/mol. The third-order valence-corrected chi connectivity index (χ3v) is 4.25. The SMILES string of the molecule is O=C(Oc1ccc(/C=N\NC(=S)Nc2ccccc2)cc1)c1cccc(Br)c1. The van der Waals surface area contributed by atoms with Crippen molar-refractivity contribution < 1.29 is 9.53 Å². The summed E-state index contributed by atoms with van der Waals surface area (Å²) < 4.78 is 6.19. The molecule has 0 radical (unpaired) electrons. The maximum absolute atomic E-state index is 12.1. The Kier molecular flexibility index (Phi) is 6.89. The van der Waals surface area contributed by atoms with Crippen LogP contribution in [0.5, 0.6) is 5.75 Å². The summed E-state index contributed by atoms with van der Waals surface area (Å²) >= 11 is 8.51. The van der Waals surface area contributed by atoms with Crippen molar-refractivity contribution in [3.63, 3.8) is 0 Å². The molecule has 0 aromatic heterocycles. The number of hydrazone groups is 1. The lowest BCUT2D eigenvalue weighted by Crippen LogP contribution is -2.23. The number of hydrogen-bond acceptors (Lipinski definition) is 4. The molecule has 0 heterocycles. The first-order chi connectivity index (χ1) is 13.6. The van der Waals surface area contributed by atoms with Crippen LogP contribution in [0.3, 0.4) is 0 Å². The van der Waals surface area contributed by atoms with E-state index in [1.807, 2.05) is 36.4 Å². The van der Waals surface area contributed by atoms with Crippen LogP contribution in [0.25, 0.3) is 0 Å². The fraction of sp³-hybridized carbons (Fsp3) is 0. The zero-order chi connectivity index (χ0) is 19.8. The molecule has 0 aliphatic carbocycles. The zero-order valence-electron chi connectivity index (χ0n) is 14.6. The average Bonchev–Trinajstić information content (AvgIpc) is 2.70. The van der Waals surface area contributed by atoms with Gasteiger partial charge in [-0.05, 0) is 72.4 Å². The summed E-state index contributed by atoms with van der Waals surface area (Å²) in [5, 5.41) is 7.51. The highest BCUT2D eigenvalue weighted by Crippen LogP contribution is 2.16. The molecule has 0 unspecified atom stereocenters. The minimum absolute atomic E-state index is 0.391. The fourth-order valence-corrected chi connectivity index (χ4v) is 2.82. The summed E-state index contributed by atoms with van der Waals surface area (Å²) in [6.07, 6.45) is 1.62. The highest BCUT2D eigenvalue weighted by Gasteiger charge is 2.08. The van der Waals surface area contributed by atoms with Crippen molar-refractivity contribution in [2.45, 2.75) is 0 Å². The van der Waals surface area contributed by atoms with Crippen molar-refractivity contribution in [1.29, 1.82) is 0 Å². The molecule has 0 saturated heterocycles. The normalized spacial score (nSPS) is 10.5. The Balaban J connectivity index is 1.52. The van der Waals surface area contributed by atoms with E-state index < -0.39 is 5.97 Å². The van der Waals surface area contributed by atoms with Crippen LogP contribution >= 0.6 is 28.1 Å². The van der Waals surface area contributed by atoms with Crippen LogP contribution in [-0.4, -0.2) is 17.3 Å². The number of halogens is 1. The minimum Gasteiger partial charge on any atom is -0.423 e. The van der Waals surface area contributed by atoms with Crippen LogP contribution in [-0.2, 0) is 0 Å². The molecule has 140 valence electrons. The summed E-state index contributed by atoms with van der Waals surface area (Å²) in [6.45, 7) is 0. The number of rotatable bonds is 5. The number of carbonyl (C=O) groups is 1. The highest BCUT2D eigenvalue weighted by atomic mass is 79.9. The summed E-state index contributed by atoms with van der Waals surface area (Å²) in [7, 11) is 0. The number of nitrogens with one attached hydrogen (secondary N) is 2. The molecular formula is C21H16BrN3O2S. The van der Waals surface area contributed by atoms with Gasteiger partial charge in [-0.2, -0.15) is 5.10 Å². The molecule has 3 rings (SSSR count). The first-order valence-electron chi connectivity index (χ1n) is 8.33. The number of benzene rings is 3. The predicted octanol–water partition coefficient (Wildman–Crippen LogP) is 4.99. The van der Waals surface area contributed by atoms with Crippen molar-refractivity contribution >= 4 is 51.1 Å². The Hall–Kier alpha value is -3.03. The van der Waals surface area contributed by atoms with E-state index in [2.05, 4.69) is 31.8 Å². The lowest BCUT2D eigenvalue weighted by molar-refractivity contribution is 0.0734. The van der Waals surface area contributed by atoms with Crippen molar-refractivity contribution in [2.75, 3.05) is 5.32 Å². The van der Waals surface area contributed by atoms with Gasteiger partial charge in [0.1, 0.15) is 5.75 Å². The Morgan fingerprint density at radius 1 is 1.00 bits per heavy atom. The molecule has 2 N–H and O–H groups in total. The summed E-state index contributed by atoms with van der Waals surface area (Å²) in [4.78, 5) is 12.1. The molecule has 0 aliphatic heterocycles. The van der Waals surface area contributed by atoms with Crippen LogP contribution in [0.2, 0.25) is 0 Å². The van der Waals surface area contributed by atoms with E-state index in [0.29, 0.717) is 16.4 Å². The van der Waals surface area contributed by atoms with E-state index in [4.69, 9.17) is 17.0 Å². The van der Waals surface area contributed by atoms with Crippen LogP contribution in [0, 0.1) is 0 Å². The van der Waals surface area contributed by atoms with E-state index in [1.165, 1.54) is 0 Å². The third-order valence-electron chi connectivity index (χ3n) is 3.56. The molecular weight excluding hydrogens is 438 g/mol. The van der Waals surface area contributed by atoms with Gasteiger partial charge in [0.05, 0.1) is 11.8 Å². The van der Waals surface area contributed by atoms with Crippen LogP contribution in [0.1, 0.15) is 15.9 Å². The van der Waals surface area contributed by atoms with Crippen LogP contribution in [0.15, 0.2) is 88.4 Å². The predicted molar refractivity (Wildman–Crippen MR) is 119 cm³/mol. The van der Waals surface area contributed by atoms with Gasteiger partial charge in [-0.25, -0.2) is 4.79 Å². The van der Waals surface area contributed by atoms with Gasteiger partial charge in [-0.15, -0.1) is 0 Å². The standard InChI is InChI=1S/C21H16BrN3O2S/c22-17-6-4-5-16(13-17)20(26)27-19-11-9-15(10-12-19)14-23-25-21(28)24-18-7-2-1-3-8-18/h1-14H,(H2,24,25,28)/b23-14-. The monoisotopic (exact) mass is 453 g/mol. The van der Waals surface area contributed by atoms with Gasteiger partial charge in [0.15, 0.2) is 5.11 Å². The second-order valence-corrected chi connectivity index (χ2v) is 6.98. The van der Waals surface area contributed by atoms with Gasteiger partial charge >= 0.3 is 5.97 Å². The first-order valence-corrected chi connectivity index (χ1v) is 9.53. The van der Waals surface area contributed by atoms with Gasteiger partial charge in [0.25, 0.3) is 0 Å². The largest absolute Gasteiger partial charge is 0.423 e. The Bertz CT molecular complexity index is 992. The van der Waals surface area contributed by atoms with E-state index in [1.54, 1.807) is 48.7 Å². The molecule has 3 aromatic rings. The number of para-hydroxylation sites is 1. The van der Waals surface area contributed by atoms with Crippen molar-refractivity contribution in [2.24, 2.45) is 5.10 Å². The van der Waals surface area contributed by atoms with Gasteiger partial charge in [-0.3, -0.25) is 5.43 Å². The molecule has 28 heavy (non-hydrogen) atoms. The molecule has 7 heteroatoms. The maximum atomic E-state index is 12.1. The topological polar surface area (TPSA) is 62.7 Å². The first kappa shape index (κ1) is 19.7. The highest BCUT2D eigenvalue weighted by molar-refractivity contribution is 9.10. The molecule has 0 aliphatic rings. The van der Waals surface area contributed by atoms with Gasteiger partial charge < -0.3 is 10.1 Å². The minimum atomic E-state index is -0.415. The number of esters is 1. The number of ether oxygens (including phenoxy) is 1. The van der Waals surface area contributed by atoms with E-state index in [9.17, 15) is 4.79 Å². The smallest absolute Gasteiger partial charge is 0.343 e. The van der Waals surface area contributed by atoms with E-state index >= 15 is 0 Å². The van der Waals surface area contributed by atoms with E-state index in [-0.39, 0.29) is 0 Å². The summed E-state index contributed by atoms with van der Waals surface area (Å²) in [5.74, 6) is 0.0399. The molecule has 0 amide bonds. The zero-order valence-corrected chi connectivity index (χ0v) is 17.0. The molecule has 5 nitrogen and oxygen atoms in total. The molecule has 0 fully saturated rings. The number of carbonyl (C=O) groups excluding carboxylic acids is 1. The quantitative estimate of drug-likeness (QED) is 0.187. The van der Waals surface area contributed by atoms with Gasteiger partial charge in [0, 0.05) is 10.2 Å². The summed E-state index contributed by atoms with van der Waals surface area (Å²) in [6, 6.07) is 23.6. The third kappa shape index (κ3) is 6.00. The number of thiocarbonyl (C=S) groups is 1. The fourth-order valence-electron chi connectivity index (χ4n) is 2.25. The number of nitrogens with zero attached hydrogens (tertiary/aromatic N) is 1.